The number of ether oxygens (including phenoxy) is 1. The van der Waals surface area contributed by atoms with Crippen molar-refractivity contribution in [1.82, 2.24) is 19.8 Å². The van der Waals surface area contributed by atoms with Crippen molar-refractivity contribution in [3.8, 4) is 11.5 Å². The lowest BCUT2D eigenvalue weighted by molar-refractivity contribution is -0.133. The molecule has 0 radical (unpaired) electrons. The lowest BCUT2D eigenvalue weighted by atomic mass is 10.0. The van der Waals surface area contributed by atoms with E-state index in [0.717, 1.165) is 66.4 Å². The van der Waals surface area contributed by atoms with Crippen LogP contribution in [0.15, 0.2) is 73.1 Å². The number of carbonyl (C=O) groups excluding carboxylic acids is 1. The van der Waals surface area contributed by atoms with Gasteiger partial charge >= 0.3 is 0 Å². The van der Waals surface area contributed by atoms with Crippen molar-refractivity contribution in [2.24, 2.45) is 5.73 Å². The molecule has 0 bridgehead atoms. The number of hydrogen-bond acceptors (Lipinski definition) is 5. The number of aromatic amines is 1. The first-order valence-corrected chi connectivity index (χ1v) is 12.1. The van der Waals surface area contributed by atoms with E-state index in [-0.39, 0.29) is 11.9 Å². The summed E-state index contributed by atoms with van der Waals surface area (Å²) in [6.45, 7) is 6.19. The average molecular weight is 470 g/mol. The third-order valence-electron chi connectivity index (χ3n) is 6.64. The zero-order valence-electron chi connectivity index (χ0n) is 20.0. The number of pyridine rings is 1. The number of nitrogens with zero attached hydrogens (tertiary/aromatic N) is 3. The second-order valence-electron chi connectivity index (χ2n) is 9.13. The van der Waals surface area contributed by atoms with Crippen LogP contribution in [-0.2, 0) is 11.3 Å². The van der Waals surface area contributed by atoms with Gasteiger partial charge in [0.1, 0.15) is 17.1 Å². The third-order valence-corrected chi connectivity index (χ3v) is 6.64. The quantitative estimate of drug-likeness (QED) is 0.419. The Morgan fingerprint density at radius 3 is 2.54 bits per heavy atom. The first-order valence-electron chi connectivity index (χ1n) is 12.1. The fourth-order valence-corrected chi connectivity index (χ4v) is 4.61. The molecule has 1 amide bonds. The number of hydrogen-bond donors (Lipinski definition) is 2. The van der Waals surface area contributed by atoms with E-state index in [2.05, 4.69) is 39.1 Å². The van der Waals surface area contributed by atoms with Crippen LogP contribution in [0, 0.1) is 6.92 Å². The molecule has 7 nitrogen and oxygen atoms in total. The van der Waals surface area contributed by atoms with Crippen molar-refractivity contribution in [3.63, 3.8) is 0 Å². The molecule has 3 N–H and O–H groups in total. The lowest BCUT2D eigenvalue weighted by Crippen LogP contribution is -2.48. The highest BCUT2D eigenvalue weighted by molar-refractivity contribution is 5.86. The fourth-order valence-electron chi connectivity index (χ4n) is 4.61. The second kappa shape index (κ2) is 10.3. The van der Waals surface area contributed by atoms with E-state index in [1.165, 1.54) is 5.56 Å². The Morgan fingerprint density at radius 1 is 1.06 bits per heavy atom. The maximum Gasteiger partial charge on any atom is 0.224 e. The first kappa shape index (κ1) is 23.1. The van der Waals surface area contributed by atoms with Crippen LogP contribution in [0.2, 0.25) is 0 Å². The molecule has 2 aromatic heterocycles. The van der Waals surface area contributed by atoms with E-state index in [0.29, 0.717) is 6.42 Å². The number of nitrogens with two attached hydrogens (primary N) is 1. The molecule has 5 rings (SSSR count). The van der Waals surface area contributed by atoms with Crippen LogP contribution < -0.4 is 10.5 Å². The van der Waals surface area contributed by atoms with Crippen molar-refractivity contribution in [2.75, 3.05) is 26.2 Å². The zero-order chi connectivity index (χ0) is 24.2. The van der Waals surface area contributed by atoms with Crippen LogP contribution in [0.25, 0.3) is 11.0 Å². The molecular weight excluding hydrogens is 438 g/mol. The van der Waals surface area contributed by atoms with Gasteiger partial charge in [-0.2, -0.15) is 0 Å². The summed E-state index contributed by atoms with van der Waals surface area (Å²) in [6, 6.07) is 19.6. The SMILES string of the molecule is Cc1c[nH]c2nccc(Oc3ccc([C@@H](N)CC(=O)N4CCN(Cc5ccccc5)CC4)cc3)c12. The van der Waals surface area contributed by atoms with Gasteiger partial charge in [-0.3, -0.25) is 9.69 Å². The van der Waals surface area contributed by atoms with E-state index in [4.69, 9.17) is 10.5 Å². The Bertz CT molecular complexity index is 1280. The van der Waals surface area contributed by atoms with Crippen LogP contribution in [-0.4, -0.2) is 51.9 Å². The van der Waals surface area contributed by atoms with Crippen molar-refractivity contribution in [2.45, 2.75) is 25.9 Å². The number of H-pyrrole nitrogens is 1. The maximum atomic E-state index is 12.9. The van der Waals surface area contributed by atoms with Gasteiger partial charge in [0.15, 0.2) is 0 Å². The molecule has 0 unspecified atom stereocenters. The number of benzene rings is 2. The van der Waals surface area contributed by atoms with Gasteiger partial charge in [-0.25, -0.2) is 4.98 Å². The summed E-state index contributed by atoms with van der Waals surface area (Å²) >= 11 is 0. The molecule has 1 fully saturated rings. The summed E-state index contributed by atoms with van der Waals surface area (Å²) < 4.78 is 6.11. The van der Waals surface area contributed by atoms with Crippen molar-refractivity contribution in [1.29, 1.82) is 0 Å². The smallest absolute Gasteiger partial charge is 0.224 e. The molecule has 0 saturated carbocycles. The second-order valence-corrected chi connectivity index (χ2v) is 9.13. The highest BCUT2D eigenvalue weighted by Gasteiger charge is 2.23. The summed E-state index contributed by atoms with van der Waals surface area (Å²) in [5.74, 6) is 1.58. The Hall–Kier alpha value is -3.68. The monoisotopic (exact) mass is 469 g/mol. The predicted molar refractivity (Wildman–Crippen MR) is 137 cm³/mol. The number of aryl methyl sites for hydroxylation is 1. The average Bonchev–Trinajstić information content (AvgIpc) is 3.27. The fraction of sp³-hybridized carbons (Fsp3) is 0.286. The van der Waals surface area contributed by atoms with E-state index >= 15 is 0 Å². The largest absolute Gasteiger partial charge is 0.457 e. The molecule has 3 heterocycles. The number of amides is 1. The molecule has 1 aliphatic heterocycles. The zero-order valence-corrected chi connectivity index (χ0v) is 20.0. The molecule has 1 atom stereocenters. The van der Waals surface area contributed by atoms with Crippen molar-refractivity contribution >= 4 is 16.9 Å². The molecule has 0 spiro atoms. The van der Waals surface area contributed by atoms with Gasteiger partial charge in [0.2, 0.25) is 5.91 Å². The standard InChI is InChI=1S/C28H31N5O2/c1-20-18-31-28-27(20)25(11-12-30-28)35-23-9-7-22(8-10-23)24(29)17-26(34)33-15-13-32(14-16-33)19-21-5-3-2-4-6-21/h2-12,18,24H,13-17,19,29H2,1H3,(H,30,31)/t24-/m0/s1. The van der Waals surface area contributed by atoms with E-state index in [9.17, 15) is 4.79 Å². The third kappa shape index (κ3) is 5.37. The van der Waals surface area contributed by atoms with Crippen LogP contribution in [0.4, 0.5) is 0 Å². The van der Waals surface area contributed by atoms with Gasteiger partial charge in [-0.15, -0.1) is 0 Å². The molecule has 1 saturated heterocycles. The number of carbonyl (C=O) groups is 1. The number of rotatable bonds is 7. The summed E-state index contributed by atoms with van der Waals surface area (Å²) in [7, 11) is 0. The van der Waals surface area contributed by atoms with Crippen molar-refractivity contribution in [3.05, 3.63) is 89.7 Å². The van der Waals surface area contributed by atoms with E-state index < -0.39 is 0 Å². The molecular formula is C28H31N5O2. The van der Waals surface area contributed by atoms with E-state index in [1.54, 1.807) is 6.20 Å². The number of piperazine rings is 1. The Balaban J connectivity index is 1.14. The maximum absolute atomic E-state index is 12.9. The van der Waals surface area contributed by atoms with Gasteiger partial charge in [-0.05, 0) is 41.8 Å². The van der Waals surface area contributed by atoms with Gasteiger partial charge in [0.25, 0.3) is 0 Å². The normalized spacial score (nSPS) is 15.3. The number of nitrogens with one attached hydrogen (secondary N) is 1. The predicted octanol–water partition coefficient (Wildman–Crippen LogP) is 4.40. The van der Waals surface area contributed by atoms with E-state index in [1.807, 2.05) is 54.4 Å². The Morgan fingerprint density at radius 2 is 1.80 bits per heavy atom. The van der Waals surface area contributed by atoms with Gasteiger partial charge < -0.3 is 20.4 Å². The minimum atomic E-state index is -0.349. The van der Waals surface area contributed by atoms with Gasteiger partial charge in [0.05, 0.1) is 5.39 Å². The summed E-state index contributed by atoms with van der Waals surface area (Å²) in [5.41, 5.74) is 10.5. The number of aromatic nitrogens is 2. The topological polar surface area (TPSA) is 87.5 Å². The molecule has 35 heavy (non-hydrogen) atoms. The van der Waals surface area contributed by atoms with Crippen LogP contribution in [0.1, 0.15) is 29.2 Å². The minimum absolute atomic E-state index is 0.110. The van der Waals surface area contributed by atoms with Gasteiger partial charge in [-0.1, -0.05) is 42.5 Å². The van der Waals surface area contributed by atoms with Crippen LogP contribution in [0.3, 0.4) is 0 Å². The molecule has 1 aliphatic rings. The Labute approximate surface area is 205 Å². The number of fused-ring (bicyclic) bond motifs is 1. The van der Waals surface area contributed by atoms with Gasteiger partial charge in [0, 0.05) is 57.6 Å². The van der Waals surface area contributed by atoms with Crippen LogP contribution in [0.5, 0.6) is 11.5 Å². The molecule has 4 aromatic rings. The van der Waals surface area contributed by atoms with Crippen molar-refractivity contribution < 1.29 is 9.53 Å². The highest BCUT2D eigenvalue weighted by atomic mass is 16.5. The first-order chi connectivity index (χ1) is 17.1. The minimum Gasteiger partial charge on any atom is -0.457 e. The Kier molecular flexibility index (Phi) is 6.79. The summed E-state index contributed by atoms with van der Waals surface area (Å²) in [6.07, 6.45) is 3.95. The van der Waals surface area contributed by atoms with Crippen LogP contribution >= 0.6 is 0 Å². The highest BCUT2D eigenvalue weighted by Crippen LogP contribution is 2.31. The molecule has 7 heteroatoms. The molecule has 0 aliphatic carbocycles. The lowest BCUT2D eigenvalue weighted by Gasteiger charge is -2.35. The molecule has 2 aromatic carbocycles. The molecule has 180 valence electrons. The summed E-state index contributed by atoms with van der Waals surface area (Å²) in [4.78, 5) is 24.7. The summed E-state index contributed by atoms with van der Waals surface area (Å²) in [5, 5.41) is 0.975.